The van der Waals surface area contributed by atoms with Crippen molar-refractivity contribution in [1.29, 1.82) is 0 Å². The summed E-state index contributed by atoms with van der Waals surface area (Å²) in [5.74, 6) is 0. The summed E-state index contributed by atoms with van der Waals surface area (Å²) >= 11 is 6.00. The van der Waals surface area contributed by atoms with Gasteiger partial charge in [-0.05, 0) is 18.2 Å². The van der Waals surface area contributed by atoms with E-state index in [2.05, 4.69) is 15.6 Å². The minimum Gasteiger partial charge on any atom is -1.00 e. The minimum absolute atomic E-state index is 0. The fraction of sp³-hybridized carbons (Fsp3) is 0.0769. The highest BCUT2D eigenvalue weighted by Crippen LogP contribution is 2.17. The Morgan fingerprint density at radius 3 is 2.53 bits per heavy atom. The lowest BCUT2D eigenvalue weighted by molar-refractivity contribution is -0.617. The van der Waals surface area contributed by atoms with Crippen molar-refractivity contribution in [2.24, 2.45) is 7.05 Å². The molecule has 0 fully saturated rings. The summed E-state index contributed by atoms with van der Waals surface area (Å²) in [5.41, 5.74) is 4.12. The highest BCUT2D eigenvalue weighted by atomic mass is 35.5. The molecule has 0 radical (unpaired) electrons. The third-order valence-electron chi connectivity index (χ3n) is 2.78. The molecule has 3 rings (SSSR count). The molecule has 3 aromatic rings. The van der Waals surface area contributed by atoms with Gasteiger partial charge in [0.15, 0.2) is 0 Å². The number of aromatic nitrogens is 2. The van der Waals surface area contributed by atoms with Gasteiger partial charge in [-0.1, -0.05) is 23.7 Å². The first kappa shape index (κ1) is 12.1. The zero-order valence-electron chi connectivity index (χ0n) is 9.19. The van der Waals surface area contributed by atoms with Gasteiger partial charge in [-0.3, -0.25) is 0 Å². The van der Waals surface area contributed by atoms with E-state index in [1.54, 1.807) is 0 Å². The van der Waals surface area contributed by atoms with E-state index >= 15 is 0 Å². The van der Waals surface area contributed by atoms with Crippen LogP contribution in [0, 0.1) is 0 Å². The molecule has 0 aliphatic heterocycles. The first-order valence-corrected chi connectivity index (χ1v) is 5.47. The van der Waals surface area contributed by atoms with E-state index in [9.17, 15) is 0 Å². The van der Waals surface area contributed by atoms with Crippen LogP contribution in [-0.4, -0.2) is 4.98 Å². The van der Waals surface area contributed by atoms with E-state index in [-0.39, 0.29) is 12.4 Å². The summed E-state index contributed by atoms with van der Waals surface area (Å²) in [7, 11) is 2.03. The topological polar surface area (TPSA) is 16.8 Å². The summed E-state index contributed by atoms with van der Waals surface area (Å²) in [5, 5.41) is 0.736. The van der Waals surface area contributed by atoms with Gasteiger partial charge in [-0.15, -0.1) is 0 Å². The van der Waals surface area contributed by atoms with Crippen LogP contribution in [0.25, 0.3) is 22.1 Å². The fourth-order valence-corrected chi connectivity index (χ4v) is 2.13. The maximum Gasteiger partial charge on any atom is 0.232 e. The molecule has 4 heteroatoms. The molecule has 0 unspecified atom stereocenters. The van der Waals surface area contributed by atoms with Crippen molar-refractivity contribution in [2.75, 3.05) is 0 Å². The van der Waals surface area contributed by atoms with Gasteiger partial charge in [0.1, 0.15) is 18.1 Å². The Hall–Kier alpha value is -1.38. The van der Waals surface area contributed by atoms with Gasteiger partial charge < -0.3 is 12.4 Å². The Morgan fingerprint density at radius 2 is 1.71 bits per heavy atom. The van der Waals surface area contributed by atoms with Gasteiger partial charge in [0, 0.05) is 17.2 Å². The molecule has 0 aliphatic rings. The fourth-order valence-electron chi connectivity index (χ4n) is 1.96. The predicted octanol–water partition coefficient (Wildman–Crippen LogP) is -0.130. The third-order valence-corrected chi connectivity index (χ3v) is 3.02. The number of nitrogens with zero attached hydrogens (tertiary/aromatic N) is 2. The zero-order chi connectivity index (χ0) is 11.1. The number of hydrogen-bond acceptors (Lipinski definition) is 1. The van der Waals surface area contributed by atoms with E-state index in [0.717, 1.165) is 27.1 Å². The minimum atomic E-state index is 0. The van der Waals surface area contributed by atoms with Crippen LogP contribution in [-0.2, 0) is 7.05 Å². The van der Waals surface area contributed by atoms with E-state index in [0.29, 0.717) is 0 Å². The van der Waals surface area contributed by atoms with Crippen molar-refractivity contribution in [2.45, 2.75) is 0 Å². The molecule has 0 N–H and O–H groups in total. The number of benzene rings is 2. The van der Waals surface area contributed by atoms with E-state index in [4.69, 9.17) is 11.6 Å². The molecule has 0 atom stereocenters. The lowest BCUT2D eigenvalue weighted by Crippen LogP contribution is -3.00. The van der Waals surface area contributed by atoms with Crippen LogP contribution in [0.3, 0.4) is 0 Å². The molecule has 0 saturated carbocycles. The number of hydrogen-bond donors (Lipinski definition) is 0. The molecule has 1 aromatic heterocycles. The van der Waals surface area contributed by atoms with Crippen LogP contribution >= 0.6 is 11.6 Å². The van der Waals surface area contributed by atoms with Crippen LogP contribution in [0.1, 0.15) is 0 Å². The van der Waals surface area contributed by atoms with Crippen molar-refractivity contribution < 1.29 is 17.0 Å². The van der Waals surface area contributed by atoms with Crippen LogP contribution < -0.4 is 17.0 Å². The normalized spacial score (nSPS) is 10.5. The van der Waals surface area contributed by atoms with Gasteiger partial charge in [-0.2, -0.15) is 4.57 Å². The number of aryl methyl sites for hydroxylation is 1. The van der Waals surface area contributed by atoms with Crippen LogP contribution in [0.4, 0.5) is 0 Å². The lowest BCUT2D eigenvalue weighted by Gasteiger charge is -2.00. The molecule has 0 spiro atoms. The summed E-state index contributed by atoms with van der Waals surface area (Å²) < 4.78 is 2.11. The van der Waals surface area contributed by atoms with Crippen LogP contribution in [0.15, 0.2) is 42.5 Å². The standard InChI is InChI=1S/C13H10ClN2.ClH/c1-16-12-5-3-2-4-10(12)15-11-7-6-9(14)8-13(11)16;/h2-8H,1H3;1H/q+1;/p-1. The molecule has 17 heavy (non-hydrogen) atoms. The second-order valence-electron chi connectivity index (χ2n) is 3.79. The summed E-state index contributed by atoms with van der Waals surface area (Å²) in [6.07, 6.45) is 0. The first-order chi connectivity index (χ1) is 7.75. The first-order valence-electron chi connectivity index (χ1n) is 5.10. The SMILES string of the molecule is C[n+]1c2ccccc2nc2ccc(Cl)cc21.[Cl-]. The zero-order valence-corrected chi connectivity index (χ0v) is 10.7. The average molecular weight is 265 g/mol. The highest BCUT2D eigenvalue weighted by Gasteiger charge is 2.12. The van der Waals surface area contributed by atoms with Gasteiger partial charge in [0.25, 0.3) is 0 Å². The second kappa shape index (κ2) is 4.47. The van der Waals surface area contributed by atoms with Crippen LogP contribution in [0.5, 0.6) is 0 Å². The van der Waals surface area contributed by atoms with Crippen molar-refractivity contribution >= 4 is 33.7 Å². The maximum atomic E-state index is 6.00. The van der Waals surface area contributed by atoms with Crippen molar-refractivity contribution in [1.82, 2.24) is 4.98 Å². The molecule has 0 amide bonds. The highest BCUT2D eigenvalue weighted by molar-refractivity contribution is 6.31. The number of rotatable bonds is 0. The van der Waals surface area contributed by atoms with E-state index in [1.165, 1.54) is 0 Å². The molecule has 0 bridgehead atoms. The predicted molar refractivity (Wildman–Crippen MR) is 65.4 cm³/mol. The van der Waals surface area contributed by atoms with E-state index in [1.807, 2.05) is 43.4 Å². The largest absolute Gasteiger partial charge is 1.00 e. The van der Waals surface area contributed by atoms with Gasteiger partial charge in [-0.25, -0.2) is 4.98 Å². The molecular formula is C13H10Cl2N2. The summed E-state index contributed by atoms with van der Waals surface area (Å²) in [4.78, 5) is 4.60. The summed E-state index contributed by atoms with van der Waals surface area (Å²) in [6, 6.07) is 13.8. The Labute approximate surface area is 110 Å². The molecule has 2 nitrogen and oxygen atoms in total. The van der Waals surface area contributed by atoms with Gasteiger partial charge in [0.05, 0.1) is 0 Å². The Kier molecular flexibility index (Phi) is 3.18. The molecule has 0 saturated heterocycles. The Morgan fingerprint density at radius 1 is 1.00 bits per heavy atom. The third kappa shape index (κ3) is 1.94. The monoisotopic (exact) mass is 264 g/mol. The molecule has 0 aliphatic carbocycles. The van der Waals surface area contributed by atoms with Crippen molar-refractivity contribution in [3.05, 3.63) is 47.5 Å². The van der Waals surface area contributed by atoms with Crippen molar-refractivity contribution in [3.8, 4) is 0 Å². The molecule has 2 aromatic carbocycles. The van der Waals surface area contributed by atoms with E-state index < -0.39 is 0 Å². The van der Waals surface area contributed by atoms with Gasteiger partial charge >= 0.3 is 0 Å². The molecule has 1 heterocycles. The number of halogens is 2. The number of para-hydroxylation sites is 2. The second-order valence-corrected chi connectivity index (χ2v) is 4.23. The van der Waals surface area contributed by atoms with Crippen molar-refractivity contribution in [3.63, 3.8) is 0 Å². The molecular weight excluding hydrogens is 255 g/mol. The lowest BCUT2D eigenvalue weighted by atomic mass is 10.2. The molecule has 86 valence electrons. The smallest absolute Gasteiger partial charge is 0.232 e. The number of fused-ring (bicyclic) bond motifs is 2. The van der Waals surface area contributed by atoms with Crippen LogP contribution in [0.2, 0.25) is 5.02 Å². The Balaban J connectivity index is 0.00000108. The average Bonchev–Trinajstić information content (AvgIpc) is 2.31. The maximum absolute atomic E-state index is 6.00. The Bertz CT molecular complexity index is 695. The van der Waals surface area contributed by atoms with Gasteiger partial charge in [0.2, 0.25) is 11.0 Å². The quantitative estimate of drug-likeness (QED) is 0.409. The summed E-state index contributed by atoms with van der Waals surface area (Å²) in [6.45, 7) is 0.